The number of carbonyl (C=O) groups is 2. The maximum atomic E-state index is 12.9. The van der Waals surface area contributed by atoms with Gasteiger partial charge in [-0.3, -0.25) is 14.9 Å². The predicted octanol–water partition coefficient (Wildman–Crippen LogP) is 5.40. The number of rotatable bonds is 11. The third-order valence-corrected chi connectivity index (χ3v) is 4.91. The topological polar surface area (TPSA) is 97.9 Å². The molecule has 0 aliphatic heterocycles. The highest BCUT2D eigenvalue weighted by Gasteiger charge is 2.19. The van der Waals surface area contributed by atoms with E-state index in [1.54, 1.807) is 30.3 Å². The van der Waals surface area contributed by atoms with E-state index in [1.165, 1.54) is 0 Å². The maximum Gasteiger partial charge on any atom is 0.257 e. The number of nitrogens with one attached hydrogen (secondary N) is 3. The van der Waals surface area contributed by atoms with Gasteiger partial charge in [-0.1, -0.05) is 18.5 Å². The molecule has 184 valence electrons. The average molecular weight is 508 g/mol. The summed E-state index contributed by atoms with van der Waals surface area (Å²) in [5.41, 5.74) is 1.29. The van der Waals surface area contributed by atoms with Gasteiger partial charge in [0.15, 0.2) is 16.6 Å². The number of thiocarbonyl (C=S) groups is 1. The number of benzene rings is 2. The molecule has 0 radical (unpaired) electrons. The van der Waals surface area contributed by atoms with E-state index in [9.17, 15) is 9.59 Å². The first kappa shape index (κ1) is 27.2. The Kier molecular flexibility index (Phi) is 10.9. The lowest BCUT2D eigenvalue weighted by Crippen LogP contribution is -2.34. The zero-order chi connectivity index (χ0) is 25.1. The van der Waals surface area contributed by atoms with E-state index in [1.807, 2.05) is 27.7 Å². The number of carbonyl (C=O) groups excluding carboxylic acids is 2. The molecule has 0 bridgehead atoms. The molecule has 0 spiro atoms. The van der Waals surface area contributed by atoms with Gasteiger partial charge in [0.05, 0.1) is 30.5 Å². The highest BCUT2D eigenvalue weighted by Crippen LogP contribution is 2.39. The summed E-state index contributed by atoms with van der Waals surface area (Å²) in [5, 5.41) is 8.73. The van der Waals surface area contributed by atoms with Gasteiger partial charge in [0.1, 0.15) is 0 Å². The first-order chi connectivity index (χ1) is 16.3. The number of hydrogen-bond acceptors (Lipinski definition) is 6. The summed E-state index contributed by atoms with van der Waals surface area (Å²) >= 11 is 11.6. The molecule has 0 unspecified atom stereocenters. The Labute approximate surface area is 210 Å². The first-order valence-corrected chi connectivity index (χ1v) is 11.9. The molecule has 0 fully saturated rings. The van der Waals surface area contributed by atoms with Crippen LogP contribution < -0.4 is 30.2 Å². The van der Waals surface area contributed by atoms with Crippen molar-refractivity contribution in [2.24, 2.45) is 0 Å². The van der Waals surface area contributed by atoms with Gasteiger partial charge in [0, 0.05) is 17.7 Å². The Hall–Kier alpha value is -3.04. The molecule has 10 heteroatoms. The summed E-state index contributed by atoms with van der Waals surface area (Å²) < 4.78 is 17.0. The summed E-state index contributed by atoms with van der Waals surface area (Å²) in [5.74, 6) is 0.677. The molecular weight excluding hydrogens is 478 g/mol. The van der Waals surface area contributed by atoms with E-state index < -0.39 is 5.91 Å². The molecule has 2 aromatic carbocycles. The highest BCUT2D eigenvalue weighted by atomic mass is 35.5. The van der Waals surface area contributed by atoms with E-state index in [-0.39, 0.29) is 16.6 Å². The molecule has 0 saturated carbocycles. The van der Waals surface area contributed by atoms with Gasteiger partial charge in [-0.2, -0.15) is 0 Å². The molecule has 0 heterocycles. The van der Waals surface area contributed by atoms with E-state index in [0.717, 1.165) is 6.42 Å². The molecule has 2 rings (SSSR count). The van der Waals surface area contributed by atoms with Gasteiger partial charge < -0.3 is 24.8 Å². The van der Waals surface area contributed by atoms with Crippen LogP contribution in [0.15, 0.2) is 30.3 Å². The standard InChI is InChI=1S/C24H30ClN3O5S/c1-5-9-21(29)26-16-10-11-17(25)18(14-16)27-24(34)28-23(30)15-12-19(31-6-2)22(33-8-4)20(13-15)32-7-3/h10-14H,5-9H2,1-4H3,(H,26,29)(H2,27,28,30,34). The second-order valence-electron chi connectivity index (χ2n) is 7.00. The first-order valence-electron chi connectivity index (χ1n) is 11.1. The third-order valence-electron chi connectivity index (χ3n) is 4.37. The van der Waals surface area contributed by atoms with Crippen molar-refractivity contribution >= 4 is 52.1 Å². The van der Waals surface area contributed by atoms with E-state index in [2.05, 4.69) is 16.0 Å². The zero-order valence-electron chi connectivity index (χ0n) is 19.7. The fourth-order valence-corrected chi connectivity index (χ4v) is 3.37. The van der Waals surface area contributed by atoms with Crippen LogP contribution >= 0.6 is 23.8 Å². The summed E-state index contributed by atoms with van der Waals surface area (Å²) in [7, 11) is 0. The molecule has 2 aromatic rings. The smallest absolute Gasteiger partial charge is 0.257 e. The molecular formula is C24H30ClN3O5S. The lowest BCUT2D eigenvalue weighted by molar-refractivity contribution is -0.116. The van der Waals surface area contributed by atoms with Crippen molar-refractivity contribution < 1.29 is 23.8 Å². The highest BCUT2D eigenvalue weighted by molar-refractivity contribution is 7.80. The summed E-state index contributed by atoms with van der Waals surface area (Å²) in [6.45, 7) is 8.65. The molecule has 34 heavy (non-hydrogen) atoms. The van der Waals surface area contributed by atoms with Crippen molar-refractivity contribution in [2.75, 3.05) is 30.5 Å². The van der Waals surface area contributed by atoms with Crippen molar-refractivity contribution in [3.63, 3.8) is 0 Å². The Bertz CT molecular complexity index is 1000. The van der Waals surface area contributed by atoms with Crippen LogP contribution in [0.1, 0.15) is 50.9 Å². The Morgan fingerprint density at radius 2 is 1.53 bits per heavy atom. The minimum absolute atomic E-state index is 0.0359. The average Bonchev–Trinajstić information content (AvgIpc) is 2.78. The SMILES string of the molecule is CCCC(=O)Nc1ccc(Cl)c(NC(=S)NC(=O)c2cc(OCC)c(OCC)c(OCC)c2)c1. The maximum absolute atomic E-state index is 12.9. The van der Waals surface area contributed by atoms with E-state index in [0.29, 0.717) is 59.9 Å². The minimum Gasteiger partial charge on any atom is -0.490 e. The van der Waals surface area contributed by atoms with Crippen molar-refractivity contribution in [1.82, 2.24) is 5.32 Å². The molecule has 8 nitrogen and oxygen atoms in total. The summed E-state index contributed by atoms with van der Waals surface area (Å²) in [6, 6.07) is 8.11. The monoisotopic (exact) mass is 507 g/mol. The number of amides is 2. The van der Waals surface area contributed by atoms with Crippen LogP contribution in [0.2, 0.25) is 5.02 Å². The van der Waals surface area contributed by atoms with Gasteiger partial charge >= 0.3 is 0 Å². The number of hydrogen-bond donors (Lipinski definition) is 3. The van der Waals surface area contributed by atoms with Crippen LogP contribution in [0.5, 0.6) is 17.2 Å². The van der Waals surface area contributed by atoms with Crippen molar-refractivity contribution in [3.8, 4) is 17.2 Å². The Balaban J connectivity index is 2.19. The Morgan fingerprint density at radius 1 is 0.912 bits per heavy atom. The molecule has 3 N–H and O–H groups in total. The van der Waals surface area contributed by atoms with E-state index >= 15 is 0 Å². The van der Waals surface area contributed by atoms with Crippen molar-refractivity contribution in [1.29, 1.82) is 0 Å². The molecule has 2 amide bonds. The predicted molar refractivity (Wildman–Crippen MR) is 139 cm³/mol. The quantitative estimate of drug-likeness (QED) is 0.350. The molecule has 0 atom stereocenters. The van der Waals surface area contributed by atoms with E-state index in [4.69, 9.17) is 38.0 Å². The molecule has 0 aliphatic rings. The van der Waals surface area contributed by atoms with Crippen LogP contribution in [0.4, 0.5) is 11.4 Å². The van der Waals surface area contributed by atoms with Gasteiger partial charge in [0.25, 0.3) is 5.91 Å². The fraction of sp³-hybridized carbons (Fsp3) is 0.375. The van der Waals surface area contributed by atoms with Crippen molar-refractivity contribution in [2.45, 2.75) is 40.5 Å². The minimum atomic E-state index is -0.467. The Morgan fingerprint density at radius 3 is 2.09 bits per heavy atom. The number of anilines is 2. The van der Waals surface area contributed by atoms with Gasteiger partial charge in [-0.25, -0.2) is 0 Å². The summed E-state index contributed by atoms with van der Waals surface area (Å²) in [4.78, 5) is 24.8. The van der Waals surface area contributed by atoms with Gasteiger partial charge in [0.2, 0.25) is 11.7 Å². The van der Waals surface area contributed by atoms with Crippen LogP contribution in [0.25, 0.3) is 0 Å². The molecule has 0 aromatic heterocycles. The van der Waals surface area contributed by atoms with Crippen LogP contribution in [0, 0.1) is 0 Å². The molecule has 0 saturated heterocycles. The van der Waals surface area contributed by atoms with Crippen LogP contribution in [0.3, 0.4) is 0 Å². The largest absolute Gasteiger partial charge is 0.490 e. The third kappa shape index (κ3) is 7.78. The molecule has 0 aliphatic carbocycles. The fourth-order valence-electron chi connectivity index (χ4n) is 3.00. The lowest BCUT2D eigenvalue weighted by atomic mass is 10.1. The number of ether oxygens (including phenoxy) is 3. The second kappa shape index (κ2) is 13.6. The van der Waals surface area contributed by atoms with Gasteiger partial charge in [-0.15, -0.1) is 0 Å². The number of halogens is 1. The zero-order valence-corrected chi connectivity index (χ0v) is 21.3. The van der Waals surface area contributed by atoms with Gasteiger partial charge in [-0.05, 0) is 69.7 Å². The summed E-state index contributed by atoms with van der Waals surface area (Å²) in [6.07, 6.45) is 1.15. The van der Waals surface area contributed by atoms with Crippen LogP contribution in [-0.2, 0) is 4.79 Å². The van der Waals surface area contributed by atoms with Crippen LogP contribution in [-0.4, -0.2) is 36.7 Å². The second-order valence-corrected chi connectivity index (χ2v) is 7.82. The lowest BCUT2D eigenvalue weighted by Gasteiger charge is -2.17. The normalized spacial score (nSPS) is 10.3. The van der Waals surface area contributed by atoms with Crippen molar-refractivity contribution in [3.05, 3.63) is 40.9 Å².